The number of cyclic esters (lactones) is 1. The first-order valence-corrected chi connectivity index (χ1v) is 10.1. The monoisotopic (exact) mass is 464 g/mol. The van der Waals surface area contributed by atoms with Crippen LogP contribution in [0.25, 0.3) is 0 Å². The van der Waals surface area contributed by atoms with Crippen molar-refractivity contribution in [3.63, 3.8) is 0 Å². The van der Waals surface area contributed by atoms with E-state index in [9.17, 15) is 14.4 Å². The topological polar surface area (TPSA) is 94.2 Å². The van der Waals surface area contributed by atoms with E-state index in [1.165, 1.54) is 19.1 Å². The van der Waals surface area contributed by atoms with Crippen LogP contribution >= 0.6 is 23.2 Å². The highest BCUT2D eigenvalue weighted by Crippen LogP contribution is 2.45. The fraction of sp³-hybridized carbons (Fsp3) is 0.286. The van der Waals surface area contributed by atoms with Crippen LogP contribution in [0.1, 0.15) is 35.0 Å². The summed E-state index contributed by atoms with van der Waals surface area (Å²) in [5.41, 5.74) is 1.01. The number of amides is 2. The number of rotatable bonds is 5. The minimum Gasteiger partial charge on any atom is -0.493 e. The molecule has 2 aromatic rings. The van der Waals surface area contributed by atoms with E-state index in [1.807, 2.05) is 0 Å². The molecule has 2 amide bonds. The fourth-order valence-electron chi connectivity index (χ4n) is 3.89. The smallest absolute Gasteiger partial charge is 0.344 e. The molecule has 1 N–H and O–H groups in total. The fourth-order valence-corrected chi connectivity index (χ4v) is 4.42. The van der Waals surface area contributed by atoms with Crippen LogP contribution in [0.5, 0.6) is 11.5 Å². The Morgan fingerprint density at radius 3 is 2.48 bits per heavy atom. The number of fused-ring (bicyclic) bond motifs is 1. The molecule has 31 heavy (non-hydrogen) atoms. The Morgan fingerprint density at radius 1 is 1.13 bits per heavy atom. The third kappa shape index (κ3) is 3.77. The van der Waals surface area contributed by atoms with Gasteiger partial charge in [-0.05, 0) is 36.8 Å². The van der Waals surface area contributed by atoms with Crippen molar-refractivity contribution in [1.29, 1.82) is 0 Å². The Balaban J connectivity index is 1.65. The van der Waals surface area contributed by atoms with Gasteiger partial charge >= 0.3 is 5.97 Å². The highest BCUT2D eigenvalue weighted by atomic mass is 35.5. The average molecular weight is 465 g/mol. The van der Waals surface area contributed by atoms with Crippen molar-refractivity contribution in [3.05, 3.63) is 51.5 Å². The zero-order valence-corrected chi connectivity index (χ0v) is 18.1. The molecular formula is C21H18Cl2N2O6. The molecule has 10 heteroatoms. The third-order valence-corrected chi connectivity index (χ3v) is 5.64. The summed E-state index contributed by atoms with van der Waals surface area (Å²) >= 11 is 12.0. The quantitative estimate of drug-likeness (QED) is 0.676. The van der Waals surface area contributed by atoms with Crippen LogP contribution in [0.3, 0.4) is 0 Å². The second-order valence-corrected chi connectivity index (χ2v) is 7.90. The van der Waals surface area contributed by atoms with Gasteiger partial charge in [0.1, 0.15) is 11.6 Å². The molecule has 8 nitrogen and oxygen atoms in total. The lowest BCUT2D eigenvalue weighted by Crippen LogP contribution is -2.43. The van der Waals surface area contributed by atoms with Crippen LogP contribution in [-0.2, 0) is 14.3 Å². The number of ether oxygens (including phenoxy) is 3. The second kappa shape index (κ2) is 8.28. The molecule has 162 valence electrons. The Morgan fingerprint density at radius 2 is 1.84 bits per heavy atom. The van der Waals surface area contributed by atoms with Crippen molar-refractivity contribution in [1.82, 2.24) is 4.90 Å². The number of carbonyl (C=O) groups excluding carboxylic acids is 3. The average Bonchev–Trinajstić information content (AvgIpc) is 3.26. The molecule has 4 rings (SSSR count). The van der Waals surface area contributed by atoms with Crippen molar-refractivity contribution in [2.75, 3.05) is 19.5 Å². The number of hydrogen-bond donors (Lipinski definition) is 1. The van der Waals surface area contributed by atoms with Gasteiger partial charge in [0, 0.05) is 27.7 Å². The minimum absolute atomic E-state index is 0.144. The van der Waals surface area contributed by atoms with Crippen LogP contribution in [0.4, 0.5) is 5.69 Å². The molecule has 2 aliphatic heterocycles. The highest BCUT2D eigenvalue weighted by Gasteiger charge is 2.47. The van der Waals surface area contributed by atoms with E-state index in [1.54, 1.807) is 30.3 Å². The lowest BCUT2D eigenvalue weighted by molar-refractivity contribution is -0.144. The molecule has 0 bridgehead atoms. The Kier molecular flexibility index (Phi) is 5.68. The first kappa shape index (κ1) is 21.3. The minimum atomic E-state index is -1.05. The van der Waals surface area contributed by atoms with Gasteiger partial charge in [-0.1, -0.05) is 23.2 Å². The summed E-state index contributed by atoms with van der Waals surface area (Å²) in [4.78, 5) is 39.6. The number of esters is 1. The van der Waals surface area contributed by atoms with Crippen molar-refractivity contribution in [2.45, 2.75) is 25.1 Å². The molecule has 2 aromatic carbocycles. The number of nitrogens with one attached hydrogen (secondary N) is 1. The Labute approximate surface area is 188 Å². The standard InChI is InChI=1S/C21H18Cl2N2O6/c1-29-15-5-3-13-17(18(15)30-2)21(28)31-20(13)25-14(4-6-16(25)26)19(27)24-12-8-10(22)7-11(23)9-12/h3,5,7-9,14,20H,4,6H2,1-2H3,(H,24,27)/t14-,20-/m0/s1. The molecule has 1 fully saturated rings. The molecular weight excluding hydrogens is 447 g/mol. The van der Waals surface area contributed by atoms with Gasteiger partial charge in [0.15, 0.2) is 11.5 Å². The molecule has 0 radical (unpaired) electrons. The normalized spacial score (nSPS) is 19.8. The number of anilines is 1. The predicted molar refractivity (Wildman–Crippen MR) is 113 cm³/mol. The summed E-state index contributed by atoms with van der Waals surface area (Å²) in [6.45, 7) is 0. The Bertz CT molecular complexity index is 1070. The van der Waals surface area contributed by atoms with Gasteiger partial charge < -0.3 is 19.5 Å². The maximum absolute atomic E-state index is 13.0. The van der Waals surface area contributed by atoms with Gasteiger partial charge in [0.25, 0.3) is 0 Å². The number of likely N-dealkylation sites (tertiary alicyclic amines) is 1. The van der Waals surface area contributed by atoms with E-state index < -0.39 is 24.1 Å². The third-order valence-electron chi connectivity index (χ3n) is 5.21. The maximum atomic E-state index is 13.0. The van der Waals surface area contributed by atoms with Gasteiger partial charge in [-0.2, -0.15) is 0 Å². The molecule has 2 aliphatic rings. The number of carbonyl (C=O) groups is 3. The molecule has 0 spiro atoms. The number of halogens is 2. The van der Waals surface area contributed by atoms with E-state index in [0.717, 1.165) is 0 Å². The number of nitrogens with zero attached hydrogens (tertiary/aromatic N) is 1. The van der Waals surface area contributed by atoms with E-state index in [0.29, 0.717) is 27.0 Å². The molecule has 0 unspecified atom stereocenters. The van der Waals surface area contributed by atoms with Gasteiger partial charge in [0.2, 0.25) is 18.0 Å². The number of hydrogen-bond acceptors (Lipinski definition) is 6. The first-order chi connectivity index (χ1) is 14.8. The molecule has 0 aromatic heterocycles. The lowest BCUT2D eigenvalue weighted by Gasteiger charge is -2.29. The maximum Gasteiger partial charge on any atom is 0.344 e. The van der Waals surface area contributed by atoms with Crippen LogP contribution in [-0.4, -0.2) is 42.9 Å². The van der Waals surface area contributed by atoms with Gasteiger partial charge in [-0.15, -0.1) is 0 Å². The van der Waals surface area contributed by atoms with Crippen molar-refractivity contribution < 1.29 is 28.6 Å². The summed E-state index contributed by atoms with van der Waals surface area (Å²) < 4.78 is 16.1. The number of methoxy groups -OCH3 is 2. The van der Waals surface area contributed by atoms with E-state index >= 15 is 0 Å². The summed E-state index contributed by atoms with van der Waals surface area (Å²) in [6.07, 6.45) is -0.628. The van der Waals surface area contributed by atoms with E-state index in [2.05, 4.69) is 5.32 Å². The lowest BCUT2D eigenvalue weighted by atomic mass is 10.1. The highest BCUT2D eigenvalue weighted by molar-refractivity contribution is 6.35. The van der Waals surface area contributed by atoms with Gasteiger partial charge in [-0.3, -0.25) is 14.5 Å². The summed E-state index contributed by atoms with van der Waals surface area (Å²) in [5.74, 6) is -0.817. The Hall–Kier alpha value is -2.97. The SMILES string of the molecule is COc1ccc2c(c1OC)C(=O)O[C@@H]2N1C(=O)CC[C@H]1C(=O)Nc1cc(Cl)cc(Cl)c1. The predicted octanol–water partition coefficient (Wildman–Crippen LogP) is 3.81. The largest absolute Gasteiger partial charge is 0.493 e. The number of benzene rings is 2. The van der Waals surface area contributed by atoms with Crippen molar-refractivity contribution in [3.8, 4) is 11.5 Å². The van der Waals surface area contributed by atoms with Crippen molar-refractivity contribution >= 4 is 46.7 Å². The zero-order valence-electron chi connectivity index (χ0n) is 16.6. The van der Waals surface area contributed by atoms with E-state index in [4.69, 9.17) is 37.4 Å². The van der Waals surface area contributed by atoms with Gasteiger partial charge in [0.05, 0.1) is 14.2 Å². The summed E-state index contributed by atoms with van der Waals surface area (Å²) in [6, 6.07) is 7.05. The van der Waals surface area contributed by atoms with E-state index in [-0.39, 0.29) is 30.1 Å². The zero-order chi connectivity index (χ0) is 22.3. The molecule has 0 saturated carbocycles. The molecule has 2 heterocycles. The second-order valence-electron chi connectivity index (χ2n) is 7.03. The summed E-state index contributed by atoms with van der Waals surface area (Å²) in [7, 11) is 2.86. The summed E-state index contributed by atoms with van der Waals surface area (Å²) in [5, 5.41) is 3.45. The van der Waals surface area contributed by atoms with Gasteiger partial charge in [-0.25, -0.2) is 4.79 Å². The van der Waals surface area contributed by atoms with Crippen LogP contribution in [0, 0.1) is 0 Å². The van der Waals surface area contributed by atoms with Crippen LogP contribution in [0.15, 0.2) is 30.3 Å². The molecule has 0 aliphatic carbocycles. The van der Waals surface area contributed by atoms with Crippen molar-refractivity contribution in [2.24, 2.45) is 0 Å². The van der Waals surface area contributed by atoms with Crippen LogP contribution < -0.4 is 14.8 Å². The first-order valence-electron chi connectivity index (χ1n) is 9.38. The molecule has 2 atom stereocenters. The molecule has 1 saturated heterocycles. The van der Waals surface area contributed by atoms with Crippen LogP contribution in [0.2, 0.25) is 10.0 Å².